The smallest absolute Gasteiger partial charge is 0.318 e. The lowest BCUT2D eigenvalue weighted by Gasteiger charge is -2.39. The molecule has 21 heavy (non-hydrogen) atoms. The maximum Gasteiger partial charge on any atom is 0.318 e. The fourth-order valence-corrected chi connectivity index (χ4v) is 3.70. The fourth-order valence-electron chi connectivity index (χ4n) is 3.70. The van der Waals surface area contributed by atoms with Crippen molar-refractivity contribution in [3.63, 3.8) is 0 Å². The number of nitrogens with zero attached hydrogens (tertiary/aromatic N) is 1. The number of piperidine rings is 1. The lowest BCUT2D eigenvalue weighted by atomic mass is 9.93. The van der Waals surface area contributed by atoms with Gasteiger partial charge in [-0.15, -0.1) is 0 Å². The molecule has 0 aromatic carbocycles. The Hall–Kier alpha value is -1.30. The molecule has 120 valence electrons. The maximum atomic E-state index is 12.6. The van der Waals surface area contributed by atoms with Gasteiger partial charge < -0.3 is 20.4 Å². The quantitative estimate of drug-likeness (QED) is 0.721. The second-order valence-corrected chi connectivity index (χ2v) is 6.34. The summed E-state index contributed by atoms with van der Waals surface area (Å²) in [5.41, 5.74) is -0.579. The molecule has 1 saturated heterocycles. The molecule has 0 aromatic heterocycles. The van der Waals surface area contributed by atoms with Crippen LogP contribution in [-0.2, 0) is 4.79 Å². The highest BCUT2D eigenvalue weighted by Gasteiger charge is 2.39. The number of aliphatic hydroxyl groups is 1. The molecule has 6 heteroatoms. The Balaban J connectivity index is 2.01. The van der Waals surface area contributed by atoms with E-state index in [2.05, 4.69) is 5.32 Å². The Bertz CT molecular complexity index is 378. The molecule has 6 nitrogen and oxygen atoms in total. The molecule has 1 aliphatic carbocycles. The van der Waals surface area contributed by atoms with Crippen LogP contribution in [0.3, 0.4) is 0 Å². The maximum absolute atomic E-state index is 12.6. The van der Waals surface area contributed by atoms with Gasteiger partial charge in [0.1, 0.15) is 0 Å². The van der Waals surface area contributed by atoms with Crippen molar-refractivity contribution in [3.05, 3.63) is 0 Å². The molecule has 3 N–H and O–H groups in total. The monoisotopic (exact) mass is 298 g/mol. The number of carboxylic acid groups (broad SMARTS) is 1. The van der Waals surface area contributed by atoms with Crippen molar-refractivity contribution in [2.45, 2.75) is 69.4 Å². The predicted octanol–water partition coefficient (Wildman–Crippen LogP) is 1.72. The number of aliphatic hydroxyl groups excluding tert-OH is 1. The Morgan fingerprint density at radius 3 is 2.52 bits per heavy atom. The first-order valence-electron chi connectivity index (χ1n) is 7.98. The Morgan fingerprint density at radius 1 is 1.19 bits per heavy atom. The van der Waals surface area contributed by atoms with Crippen LogP contribution in [0.2, 0.25) is 0 Å². The molecule has 1 unspecified atom stereocenters. The summed E-state index contributed by atoms with van der Waals surface area (Å²) >= 11 is 0. The third-order valence-electron chi connectivity index (χ3n) is 4.77. The van der Waals surface area contributed by atoms with E-state index < -0.39 is 11.5 Å². The van der Waals surface area contributed by atoms with Gasteiger partial charge in [-0.25, -0.2) is 4.79 Å². The Kier molecular flexibility index (Phi) is 5.45. The average molecular weight is 298 g/mol. The minimum Gasteiger partial charge on any atom is -0.481 e. The van der Waals surface area contributed by atoms with Gasteiger partial charge in [0.05, 0.1) is 12.0 Å². The summed E-state index contributed by atoms with van der Waals surface area (Å²) in [4.78, 5) is 25.4. The zero-order chi connectivity index (χ0) is 15.3. The highest BCUT2D eigenvalue weighted by Crippen LogP contribution is 2.33. The summed E-state index contributed by atoms with van der Waals surface area (Å²) in [6.07, 6.45) is 6.97. The van der Waals surface area contributed by atoms with E-state index in [9.17, 15) is 9.59 Å². The summed E-state index contributed by atoms with van der Waals surface area (Å²) in [5, 5.41) is 21.2. The van der Waals surface area contributed by atoms with Gasteiger partial charge in [0, 0.05) is 19.2 Å². The van der Waals surface area contributed by atoms with Crippen molar-refractivity contribution in [2.75, 3.05) is 13.2 Å². The first-order valence-corrected chi connectivity index (χ1v) is 7.98. The van der Waals surface area contributed by atoms with Crippen molar-refractivity contribution in [1.82, 2.24) is 10.2 Å². The summed E-state index contributed by atoms with van der Waals surface area (Å²) in [5.74, 6) is -0.859. The topological polar surface area (TPSA) is 89.9 Å². The SMILES string of the molecule is O=C(O)CC1(NC(=O)N2CCCCC2CCO)CCCC1. The number of carboxylic acids is 1. The third kappa shape index (κ3) is 4.09. The minimum atomic E-state index is -0.859. The number of urea groups is 1. The van der Waals surface area contributed by atoms with Gasteiger partial charge in [-0.2, -0.15) is 0 Å². The van der Waals surface area contributed by atoms with Crippen molar-refractivity contribution >= 4 is 12.0 Å². The summed E-state index contributed by atoms with van der Waals surface area (Å²) in [6.45, 7) is 0.772. The number of hydrogen-bond acceptors (Lipinski definition) is 3. The van der Waals surface area contributed by atoms with E-state index in [1.54, 1.807) is 4.90 Å². The number of carbonyl (C=O) groups is 2. The summed E-state index contributed by atoms with van der Waals surface area (Å²) in [7, 11) is 0. The molecule has 1 aliphatic heterocycles. The van der Waals surface area contributed by atoms with E-state index in [0.29, 0.717) is 13.0 Å². The van der Waals surface area contributed by atoms with Crippen LogP contribution in [0.25, 0.3) is 0 Å². The van der Waals surface area contributed by atoms with E-state index in [1.165, 1.54) is 0 Å². The molecule has 1 heterocycles. The molecule has 2 fully saturated rings. The van der Waals surface area contributed by atoms with Gasteiger partial charge in [0.25, 0.3) is 0 Å². The van der Waals surface area contributed by atoms with Crippen LogP contribution in [0.5, 0.6) is 0 Å². The normalized spacial score (nSPS) is 24.8. The zero-order valence-electron chi connectivity index (χ0n) is 12.5. The lowest BCUT2D eigenvalue weighted by Crippen LogP contribution is -2.56. The van der Waals surface area contributed by atoms with Gasteiger partial charge in [-0.1, -0.05) is 12.8 Å². The van der Waals surface area contributed by atoms with Crippen molar-refractivity contribution in [2.24, 2.45) is 0 Å². The van der Waals surface area contributed by atoms with Gasteiger partial charge >= 0.3 is 12.0 Å². The van der Waals surface area contributed by atoms with Gasteiger partial charge in [-0.3, -0.25) is 4.79 Å². The molecule has 0 radical (unpaired) electrons. The Morgan fingerprint density at radius 2 is 1.90 bits per heavy atom. The van der Waals surface area contributed by atoms with E-state index in [1.807, 2.05) is 0 Å². The van der Waals surface area contributed by atoms with Gasteiger partial charge in [-0.05, 0) is 38.5 Å². The van der Waals surface area contributed by atoms with Gasteiger partial charge in [0.2, 0.25) is 0 Å². The number of aliphatic carboxylic acids is 1. The number of hydrogen-bond donors (Lipinski definition) is 3. The highest BCUT2D eigenvalue weighted by atomic mass is 16.4. The first-order chi connectivity index (χ1) is 10.1. The van der Waals surface area contributed by atoms with Crippen LogP contribution in [0, 0.1) is 0 Å². The van der Waals surface area contributed by atoms with Crippen LogP contribution in [0.4, 0.5) is 4.79 Å². The molecule has 2 rings (SSSR count). The van der Waals surface area contributed by atoms with Crippen molar-refractivity contribution in [1.29, 1.82) is 0 Å². The second kappa shape index (κ2) is 7.11. The number of carbonyl (C=O) groups excluding carboxylic acids is 1. The second-order valence-electron chi connectivity index (χ2n) is 6.34. The van der Waals surface area contributed by atoms with Gasteiger partial charge in [0.15, 0.2) is 0 Å². The molecule has 0 spiro atoms. The third-order valence-corrected chi connectivity index (χ3v) is 4.77. The van der Waals surface area contributed by atoms with Crippen LogP contribution in [0.15, 0.2) is 0 Å². The van der Waals surface area contributed by atoms with Crippen LogP contribution >= 0.6 is 0 Å². The standard InChI is InChI=1S/C15H26N2O4/c18-10-6-12-5-1-4-9-17(12)14(21)16-15(11-13(19)20)7-2-3-8-15/h12,18H,1-11H2,(H,16,21)(H,19,20). The van der Waals surface area contributed by atoms with Crippen LogP contribution in [0.1, 0.15) is 57.8 Å². The minimum absolute atomic E-state index is 0.00273. The molecule has 1 saturated carbocycles. The van der Waals surface area contributed by atoms with Crippen molar-refractivity contribution < 1.29 is 19.8 Å². The molecular weight excluding hydrogens is 272 g/mol. The average Bonchev–Trinajstić information content (AvgIpc) is 2.87. The van der Waals surface area contributed by atoms with E-state index >= 15 is 0 Å². The first kappa shape index (κ1) is 16.1. The summed E-state index contributed by atoms with van der Waals surface area (Å²) < 4.78 is 0. The summed E-state index contributed by atoms with van der Waals surface area (Å²) in [6, 6.07) is -0.0802. The number of nitrogens with one attached hydrogen (secondary N) is 1. The molecule has 2 amide bonds. The van der Waals surface area contributed by atoms with E-state index in [4.69, 9.17) is 10.2 Å². The van der Waals surface area contributed by atoms with E-state index in [-0.39, 0.29) is 25.1 Å². The predicted molar refractivity (Wildman–Crippen MR) is 78.0 cm³/mol. The van der Waals surface area contributed by atoms with E-state index in [0.717, 1.165) is 44.9 Å². The highest BCUT2D eigenvalue weighted by molar-refractivity contribution is 5.77. The van der Waals surface area contributed by atoms with Crippen molar-refractivity contribution in [3.8, 4) is 0 Å². The number of rotatable bonds is 5. The fraction of sp³-hybridized carbons (Fsp3) is 0.867. The zero-order valence-corrected chi connectivity index (χ0v) is 12.5. The number of amides is 2. The van der Waals surface area contributed by atoms with Crippen LogP contribution in [-0.4, -0.2) is 51.8 Å². The molecule has 0 aromatic rings. The molecule has 2 aliphatic rings. The molecular formula is C15H26N2O4. The lowest BCUT2D eigenvalue weighted by molar-refractivity contribution is -0.138. The Labute approximate surface area is 125 Å². The molecule has 0 bridgehead atoms. The number of likely N-dealkylation sites (tertiary alicyclic amines) is 1. The molecule has 1 atom stereocenters. The largest absolute Gasteiger partial charge is 0.481 e. The van der Waals surface area contributed by atoms with Crippen LogP contribution < -0.4 is 5.32 Å².